The van der Waals surface area contributed by atoms with Crippen molar-refractivity contribution >= 4 is 29.9 Å². The molecule has 2 rings (SSSR count). The van der Waals surface area contributed by atoms with Gasteiger partial charge >= 0.3 is 0 Å². The van der Waals surface area contributed by atoms with E-state index in [2.05, 4.69) is 20.2 Å². The van der Waals surface area contributed by atoms with Crippen molar-refractivity contribution in [3.63, 3.8) is 0 Å². The maximum absolute atomic E-state index is 5.84. The molecule has 3 N–H and O–H groups in total. The van der Waals surface area contributed by atoms with Gasteiger partial charge in [0, 0.05) is 45.1 Å². The van der Waals surface area contributed by atoms with Crippen LogP contribution in [0.4, 0.5) is 0 Å². The van der Waals surface area contributed by atoms with E-state index in [4.69, 9.17) is 10.5 Å². The van der Waals surface area contributed by atoms with Gasteiger partial charge in [-0.15, -0.1) is 24.0 Å². The molecule has 126 valence electrons. The minimum Gasteiger partial charge on any atom is -0.379 e. The third-order valence-electron chi connectivity index (χ3n) is 3.48. The number of hydrogen-bond donors (Lipinski definition) is 2. The van der Waals surface area contributed by atoms with E-state index < -0.39 is 0 Å². The zero-order valence-electron chi connectivity index (χ0n) is 13.0. The summed E-state index contributed by atoms with van der Waals surface area (Å²) in [5.74, 6) is 0.544. The third kappa shape index (κ3) is 7.95. The summed E-state index contributed by atoms with van der Waals surface area (Å²) in [6.45, 7) is 7.41. The molecule has 0 amide bonds. The zero-order chi connectivity index (χ0) is 14.8. The molecule has 0 spiro atoms. The molecule has 0 radical (unpaired) electrons. The molecule has 8 heteroatoms. The molecule has 0 unspecified atom stereocenters. The maximum Gasteiger partial charge on any atom is 0.188 e. The van der Waals surface area contributed by atoms with Gasteiger partial charge in [0.05, 0.1) is 19.5 Å². The highest BCUT2D eigenvalue weighted by Gasteiger charge is 2.08. The molecule has 1 aliphatic rings. The predicted octanol–water partition coefficient (Wildman–Crippen LogP) is 0.518. The number of imidazole rings is 1. The number of guanidine groups is 1. The smallest absolute Gasteiger partial charge is 0.188 e. The Morgan fingerprint density at radius 2 is 2.09 bits per heavy atom. The molecule has 1 aromatic rings. The van der Waals surface area contributed by atoms with Crippen molar-refractivity contribution in [2.45, 2.75) is 19.4 Å². The standard InChI is InChI=1S/C14H26N6O.HI/c15-14(18-4-2-7-20-8-5-16-13-20)17-3-1-6-19-9-11-21-12-10-19;/h5,8,13H,1-4,6-7,9-12H2,(H3,15,17,18);1H. The molecule has 0 bridgehead atoms. The van der Waals surface area contributed by atoms with Gasteiger partial charge in [0.25, 0.3) is 0 Å². The van der Waals surface area contributed by atoms with Crippen molar-refractivity contribution in [3.8, 4) is 0 Å². The number of ether oxygens (including phenoxy) is 1. The third-order valence-corrected chi connectivity index (χ3v) is 3.48. The lowest BCUT2D eigenvalue weighted by atomic mass is 10.3. The first-order valence-corrected chi connectivity index (χ1v) is 7.64. The first-order valence-electron chi connectivity index (χ1n) is 7.64. The number of morpholine rings is 1. The molecule has 0 aliphatic carbocycles. The lowest BCUT2D eigenvalue weighted by Crippen LogP contribution is -2.39. The van der Waals surface area contributed by atoms with Crippen LogP contribution in [0.1, 0.15) is 12.8 Å². The summed E-state index contributed by atoms with van der Waals surface area (Å²) >= 11 is 0. The second-order valence-electron chi connectivity index (χ2n) is 5.16. The Morgan fingerprint density at radius 1 is 1.27 bits per heavy atom. The Bertz CT molecular complexity index is 405. The second kappa shape index (κ2) is 11.7. The molecule has 0 atom stereocenters. The average Bonchev–Trinajstić information content (AvgIpc) is 3.02. The van der Waals surface area contributed by atoms with Crippen LogP contribution in [0.2, 0.25) is 0 Å². The zero-order valence-corrected chi connectivity index (χ0v) is 15.3. The summed E-state index contributed by atoms with van der Waals surface area (Å²) in [6.07, 6.45) is 7.60. The summed E-state index contributed by atoms with van der Waals surface area (Å²) in [7, 11) is 0. The second-order valence-corrected chi connectivity index (χ2v) is 5.16. The van der Waals surface area contributed by atoms with Gasteiger partial charge < -0.3 is 20.4 Å². The summed E-state index contributed by atoms with van der Waals surface area (Å²) < 4.78 is 7.37. The first kappa shape index (κ1) is 19.2. The van der Waals surface area contributed by atoms with Gasteiger partial charge in [-0.1, -0.05) is 0 Å². The number of aromatic nitrogens is 2. The number of rotatable bonds is 8. The highest BCUT2D eigenvalue weighted by atomic mass is 127. The molecule has 22 heavy (non-hydrogen) atoms. The van der Waals surface area contributed by atoms with E-state index in [0.717, 1.165) is 65.3 Å². The Labute approximate surface area is 149 Å². The Hall–Kier alpha value is -0.870. The quantitative estimate of drug-likeness (QED) is 0.276. The average molecular weight is 422 g/mol. The minimum absolute atomic E-state index is 0. The fourth-order valence-electron chi connectivity index (χ4n) is 2.27. The van der Waals surface area contributed by atoms with Gasteiger partial charge in [-0.3, -0.25) is 9.89 Å². The maximum atomic E-state index is 5.84. The molecule has 0 saturated carbocycles. The largest absolute Gasteiger partial charge is 0.379 e. The van der Waals surface area contributed by atoms with Crippen LogP contribution in [0.25, 0.3) is 0 Å². The van der Waals surface area contributed by atoms with Gasteiger partial charge in [0.15, 0.2) is 5.96 Å². The van der Waals surface area contributed by atoms with E-state index in [9.17, 15) is 0 Å². The Kier molecular flexibility index (Phi) is 10.2. The van der Waals surface area contributed by atoms with Crippen LogP contribution in [-0.4, -0.2) is 66.3 Å². The van der Waals surface area contributed by atoms with E-state index in [-0.39, 0.29) is 24.0 Å². The summed E-state index contributed by atoms with van der Waals surface area (Å²) in [4.78, 5) is 10.7. The molecular weight excluding hydrogens is 395 g/mol. The van der Waals surface area contributed by atoms with Crippen LogP contribution in [0, 0.1) is 0 Å². The lowest BCUT2D eigenvalue weighted by molar-refractivity contribution is 0.0376. The number of nitrogens with two attached hydrogens (primary N) is 1. The lowest BCUT2D eigenvalue weighted by Gasteiger charge is -2.26. The fraction of sp³-hybridized carbons (Fsp3) is 0.714. The highest BCUT2D eigenvalue weighted by Crippen LogP contribution is 1.97. The van der Waals surface area contributed by atoms with Crippen LogP contribution in [0.3, 0.4) is 0 Å². The number of aryl methyl sites for hydroxylation is 1. The van der Waals surface area contributed by atoms with Crippen molar-refractivity contribution < 1.29 is 4.74 Å². The first-order chi connectivity index (χ1) is 10.3. The van der Waals surface area contributed by atoms with Gasteiger partial charge in [0.2, 0.25) is 0 Å². The molecule has 1 saturated heterocycles. The van der Waals surface area contributed by atoms with Crippen LogP contribution >= 0.6 is 24.0 Å². The highest BCUT2D eigenvalue weighted by molar-refractivity contribution is 14.0. The number of halogens is 1. The SMILES string of the molecule is I.NC(=NCCCn1ccnc1)NCCCN1CCOCC1. The monoisotopic (exact) mass is 422 g/mol. The van der Waals surface area contributed by atoms with Gasteiger partial charge in [-0.2, -0.15) is 0 Å². The predicted molar refractivity (Wildman–Crippen MR) is 98.6 cm³/mol. The van der Waals surface area contributed by atoms with Crippen LogP contribution < -0.4 is 11.1 Å². The van der Waals surface area contributed by atoms with E-state index in [1.165, 1.54) is 0 Å². The molecular formula is C14H27IN6O. The minimum atomic E-state index is 0. The Balaban J connectivity index is 0.00000242. The van der Waals surface area contributed by atoms with Crippen molar-refractivity contribution in [2.75, 3.05) is 45.9 Å². The topological polar surface area (TPSA) is 80.7 Å². The number of aliphatic imine (C=N–C) groups is 1. The van der Waals surface area contributed by atoms with E-state index in [1.807, 2.05) is 17.1 Å². The van der Waals surface area contributed by atoms with Crippen LogP contribution in [0.15, 0.2) is 23.7 Å². The number of hydrogen-bond acceptors (Lipinski definition) is 4. The normalized spacial score (nSPS) is 16.3. The van der Waals surface area contributed by atoms with E-state index in [0.29, 0.717) is 5.96 Å². The molecule has 7 nitrogen and oxygen atoms in total. The van der Waals surface area contributed by atoms with Gasteiger partial charge in [0.1, 0.15) is 0 Å². The van der Waals surface area contributed by atoms with E-state index in [1.54, 1.807) is 6.20 Å². The van der Waals surface area contributed by atoms with Crippen LogP contribution in [0.5, 0.6) is 0 Å². The molecule has 1 fully saturated rings. The Morgan fingerprint density at radius 3 is 2.82 bits per heavy atom. The van der Waals surface area contributed by atoms with Gasteiger partial charge in [-0.25, -0.2) is 4.98 Å². The molecule has 1 aliphatic heterocycles. The van der Waals surface area contributed by atoms with Crippen molar-refractivity contribution in [1.82, 2.24) is 19.8 Å². The number of nitrogens with one attached hydrogen (secondary N) is 1. The van der Waals surface area contributed by atoms with E-state index >= 15 is 0 Å². The summed E-state index contributed by atoms with van der Waals surface area (Å²) in [6, 6.07) is 0. The molecule has 2 heterocycles. The van der Waals surface area contributed by atoms with Crippen LogP contribution in [-0.2, 0) is 11.3 Å². The van der Waals surface area contributed by atoms with Crippen molar-refractivity contribution in [2.24, 2.45) is 10.7 Å². The molecule has 1 aromatic heterocycles. The molecule has 0 aromatic carbocycles. The summed E-state index contributed by atoms with van der Waals surface area (Å²) in [5, 5.41) is 3.17. The van der Waals surface area contributed by atoms with Gasteiger partial charge in [-0.05, 0) is 19.4 Å². The summed E-state index contributed by atoms with van der Waals surface area (Å²) in [5.41, 5.74) is 5.84. The van der Waals surface area contributed by atoms with Crippen molar-refractivity contribution in [3.05, 3.63) is 18.7 Å². The number of nitrogens with zero attached hydrogens (tertiary/aromatic N) is 4. The van der Waals surface area contributed by atoms with Crippen molar-refractivity contribution in [1.29, 1.82) is 0 Å². The fourth-order valence-corrected chi connectivity index (χ4v) is 2.27.